The molecule has 0 unspecified atom stereocenters. The highest BCUT2D eigenvalue weighted by Crippen LogP contribution is 2.11. The number of nitrogens with one attached hydrogen (secondary N) is 1. The minimum Gasteiger partial charge on any atom is -0.444 e. The molecular weight excluding hydrogens is 430 g/mol. The lowest BCUT2D eigenvalue weighted by Gasteiger charge is -2.19. The first-order valence-electron chi connectivity index (χ1n) is 7.69. The third kappa shape index (κ3) is 5.94. The van der Waals surface area contributed by atoms with Crippen LogP contribution in [-0.4, -0.2) is 42.6 Å². The topological polar surface area (TPSA) is 104 Å². The number of carbonyl (C=O) groups excluding carboxylic acids is 1. The Morgan fingerprint density at radius 1 is 1.30 bits per heavy atom. The molecule has 0 atom stereocenters. The molecule has 0 aromatic carbocycles. The fourth-order valence-electron chi connectivity index (χ4n) is 1.89. The van der Waals surface area contributed by atoms with E-state index in [4.69, 9.17) is 4.74 Å². The van der Waals surface area contributed by atoms with Crippen LogP contribution in [0.2, 0.25) is 0 Å². The van der Waals surface area contributed by atoms with Crippen molar-refractivity contribution in [1.29, 1.82) is 0 Å². The maximum absolute atomic E-state index is 13.2. The molecule has 1 N–H and O–H groups in total. The van der Waals surface area contributed by atoms with Gasteiger partial charge in [-0.25, -0.2) is 28.8 Å². The molecule has 0 fully saturated rings. The summed E-state index contributed by atoms with van der Waals surface area (Å²) < 4.78 is 33.7. The Balaban J connectivity index is 2.12. The predicted molar refractivity (Wildman–Crippen MR) is 94.6 cm³/mol. The smallest absolute Gasteiger partial charge is 0.407 e. The van der Waals surface area contributed by atoms with Crippen molar-refractivity contribution >= 4 is 22.0 Å². The minimum absolute atomic E-state index is 0.188. The van der Waals surface area contributed by atoms with Crippen LogP contribution in [0.1, 0.15) is 20.8 Å². The van der Waals surface area contributed by atoms with E-state index in [1.807, 2.05) is 0 Å². The molecule has 0 aliphatic rings. The monoisotopic (exact) mass is 446 g/mol. The number of aromatic nitrogens is 5. The van der Waals surface area contributed by atoms with Crippen LogP contribution in [0.4, 0.5) is 13.6 Å². The van der Waals surface area contributed by atoms with E-state index >= 15 is 0 Å². The first-order chi connectivity index (χ1) is 12.6. The van der Waals surface area contributed by atoms with Crippen molar-refractivity contribution in [2.45, 2.75) is 32.9 Å². The molecule has 0 spiro atoms. The van der Waals surface area contributed by atoms with E-state index in [2.05, 4.69) is 36.3 Å². The lowest BCUT2D eigenvalue weighted by Crippen LogP contribution is -2.35. The van der Waals surface area contributed by atoms with Crippen molar-refractivity contribution in [3.63, 3.8) is 0 Å². The summed E-state index contributed by atoms with van der Waals surface area (Å²) in [6, 6.07) is 0. The van der Waals surface area contributed by atoms with Crippen molar-refractivity contribution in [3.8, 4) is 5.82 Å². The number of alkyl carbamates (subject to hydrolysis) is 1. The zero-order chi connectivity index (χ0) is 20.2. The van der Waals surface area contributed by atoms with Gasteiger partial charge in [0.2, 0.25) is 0 Å². The normalized spacial score (nSPS) is 11.2. The van der Waals surface area contributed by atoms with E-state index in [0.29, 0.717) is 4.60 Å². The number of nitrogens with zero attached hydrogens (tertiary/aromatic N) is 5. The minimum atomic E-state index is -2.02. The van der Waals surface area contributed by atoms with Crippen LogP contribution in [0.25, 0.3) is 5.82 Å². The van der Waals surface area contributed by atoms with Crippen molar-refractivity contribution in [2.24, 2.45) is 0 Å². The van der Waals surface area contributed by atoms with Crippen LogP contribution in [-0.2, 0) is 11.3 Å². The molecule has 0 radical (unpaired) electrons. The SMILES string of the molecule is CC(C)(C)OC(=O)NCC(Cn1ncn(-c2cnc(Br)cn2)c1=O)=C(F)F. The standard InChI is InChI=1S/C15H17BrF2N6O3/c1-15(2,3)27-13(25)21-4-9(12(17)18)7-24-14(26)23(8-22-24)11-6-19-10(16)5-20-11/h5-6,8H,4,7H2,1-3H3,(H,21,25). The van der Waals surface area contributed by atoms with E-state index in [-0.39, 0.29) is 5.82 Å². The van der Waals surface area contributed by atoms with Gasteiger partial charge in [-0.05, 0) is 36.7 Å². The zero-order valence-electron chi connectivity index (χ0n) is 14.7. The summed E-state index contributed by atoms with van der Waals surface area (Å²) in [5.74, 6) is 0.188. The number of rotatable bonds is 5. The second-order valence-corrected chi connectivity index (χ2v) is 7.17. The third-order valence-corrected chi connectivity index (χ3v) is 3.45. The average molecular weight is 447 g/mol. The molecule has 12 heteroatoms. The zero-order valence-corrected chi connectivity index (χ0v) is 16.3. The molecule has 146 valence electrons. The Labute approximate surface area is 161 Å². The van der Waals surface area contributed by atoms with E-state index in [1.165, 1.54) is 12.4 Å². The first kappa shape index (κ1) is 20.7. The molecule has 0 aliphatic carbocycles. The van der Waals surface area contributed by atoms with Gasteiger partial charge in [0.15, 0.2) is 5.82 Å². The summed E-state index contributed by atoms with van der Waals surface area (Å²) >= 11 is 3.12. The summed E-state index contributed by atoms with van der Waals surface area (Å²) in [5.41, 5.74) is -1.92. The number of ether oxygens (including phenoxy) is 1. The van der Waals surface area contributed by atoms with Crippen LogP contribution in [0.5, 0.6) is 0 Å². The Morgan fingerprint density at radius 3 is 2.56 bits per heavy atom. The summed E-state index contributed by atoms with van der Waals surface area (Å²) in [7, 11) is 0. The van der Waals surface area contributed by atoms with Gasteiger partial charge >= 0.3 is 11.8 Å². The largest absolute Gasteiger partial charge is 0.444 e. The van der Waals surface area contributed by atoms with Crippen LogP contribution < -0.4 is 11.0 Å². The highest BCUT2D eigenvalue weighted by Gasteiger charge is 2.18. The molecule has 2 rings (SSSR count). The number of hydrogen-bond donors (Lipinski definition) is 1. The van der Waals surface area contributed by atoms with Crippen LogP contribution in [0.15, 0.2) is 39.8 Å². The second kappa shape index (κ2) is 8.37. The Bertz CT molecular complexity index is 898. The molecule has 0 saturated heterocycles. The number of carbonyl (C=O) groups is 1. The highest BCUT2D eigenvalue weighted by molar-refractivity contribution is 9.10. The maximum atomic E-state index is 13.2. The molecule has 27 heavy (non-hydrogen) atoms. The molecule has 2 aromatic rings. The lowest BCUT2D eigenvalue weighted by molar-refractivity contribution is 0.0531. The molecule has 9 nitrogen and oxygen atoms in total. The van der Waals surface area contributed by atoms with Crippen LogP contribution in [0.3, 0.4) is 0 Å². The predicted octanol–water partition coefficient (Wildman–Crippen LogP) is 2.26. The Hall–Kier alpha value is -2.63. The van der Waals surface area contributed by atoms with Gasteiger partial charge in [0.25, 0.3) is 6.08 Å². The summed E-state index contributed by atoms with van der Waals surface area (Å²) in [6.07, 6.45) is 1.000. The van der Waals surface area contributed by atoms with Gasteiger partial charge in [0.05, 0.1) is 18.9 Å². The van der Waals surface area contributed by atoms with Gasteiger partial charge in [-0.1, -0.05) is 0 Å². The molecule has 0 bridgehead atoms. The van der Waals surface area contributed by atoms with Crippen molar-refractivity contribution < 1.29 is 18.3 Å². The molecule has 0 aliphatic heterocycles. The summed E-state index contributed by atoms with van der Waals surface area (Å²) in [6.45, 7) is 3.95. The van der Waals surface area contributed by atoms with Crippen LogP contribution in [0, 0.1) is 0 Å². The first-order valence-corrected chi connectivity index (χ1v) is 8.48. The van der Waals surface area contributed by atoms with Crippen molar-refractivity contribution in [2.75, 3.05) is 6.54 Å². The van der Waals surface area contributed by atoms with E-state index in [1.54, 1.807) is 20.8 Å². The van der Waals surface area contributed by atoms with Gasteiger partial charge in [-0.3, -0.25) is 0 Å². The van der Waals surface area contributed by atoms with Gasteiger partial charge in [-0.2, -0.15) is 13.9 Å². The fourth-order valence-corrected chi connectivity index (χ4v) is 2.09. The van der Waals surface area contributed by atoms with Crippen molar-refractivity contribution in [1.82, 2.24) is 29.6 Å². The van der Waals surface area contributed by atoms with E-state index in [9.17, 15) is 18.4 Å². The summed E-state index contributed by atoms with van der Waals surface area (Å²) in [5, 5.41) is 6.03. The van der Waals surface area contributed by atoms with Gasteiger partial charge < -0.3 is 10.1 Å². The van der Waals surface area contributed by atoms with Gasteiger partial charge in [0.1, 0.15) is 16.5 Å². The highest BCUT2D eigenvalue weighted by atomic mass is 79.9. The number of amides is 1. The molecule has 0 saturated carbocycles. The second-order valence-electron chi connectivity index (χ2n) is 6.36. The molecule has 1 amide bonds. The van der Waals surface area contributed by atoms with E-state index in [0.717, 1.165) is 15.6 Å². The fraction of sp³-hybridized carbons (Fsp3) is 0.400. The van der Waals surface area contributed by atoms with Gasteiger partial charge in [-0.15, -0.1) is 0 Å². The van der Waals surface area contributed by atoms with Crippen LogP contribution >= 0.6 is 15.9 Å². The number of halogens is 3. The average Bonchev–Trinajstić information content (AvgIpc) is 2.91. The van der Waals surface area contributed by atoms with E-state index < -0.39 is 42.1 Å². The maximum Gasteiger partial charge on any atom is 0.407 e. The Kier molecular flexibility index (Phi) is 6.41. The lowest BCUT2D eigenvalue weighted by atomic mass is 10.2. The molecule has 2 heterocycles. The quantitative estimate of drug-likeness (QED) is 0.755. The Morgan fingerprint density at radius 2 is 2.00 bits per heavy atom. The molecule has 2 aromatic heterocycles. The van der Waals surface area contributed by atoms with Gasteiger partial charge in [0, 0.05) is 12.1 Å². The van der Waals surface area contributed by atoms with Crippen molar-refractivity contribution in [3.05, 3.63) is 45.5 Å². The number of hydrogen-bond acceptors (Lipinski definition) is 6. The third-order valence-electron chi connectivity index (χ3n) is 3.04. The molecular formula is C15H17BrF2N6O3. The summed E-state index contributed by atoms with van der Waals surface area (Å²) in [4.78, 5) is 31.9.